The van der Waals surface area contributed by atoms with Gasteiger partial charge < -0.3 is 10.5 Å². The topological polar surface area (TPSA) is 56.0 Å². The molecule has 0 unspecified atom stereocenters. The highest BCUT2D eigenvalue weighted by Gasteiger charge is 2.05. The van der Waals surface area contributed by atoms with E-state index in [2.05, 4.69) is 4.98 Å². The first-order valence-electron chi connectivity index (χ1n) is 4.85. The number of aldehydes is 1. The molecule has 76 valence electrons. The van der Waals surface area contributed by atoms with Gasteiger partial charge in [0.1, 0.15) is 6.29 Å². The van der Waals surface area contributed by atoms with Crippen molar-refractivity contribution in [1.82, 2.24) is 4.98 Å². The highest BCUT2D eigenvalue weighted by atomic mass is 16.1. The molecule has 15 heavy (non-hydrogen) atoms. The van der Waals surface area contributed by atoms with Crippen LogP contribution in [0.5, 0.6) is 0 Å². The lowest BCUT2D eigenvalue weighted by Gasteiger charge is -2.07. The van der Waals surface area contributed by atoms with Crippen LogP contribution in [0.2, 0.25) is 0 Å². The molecular formula is C12H12N2O. The van der Waals surface area contributed by atoms with E-state index in [1.807, 2.05) is 30.3 Å². The van der Waals surface area contributed by atoms with Gasteiger partial charge in [0.25, 0.3) is 0 Å². The Morgan fingerprint density at radius 2 is 2.13 bits per heavy atom. The molecule has 3 nitrogen and oxygen atoms in total. The molecule has 0 aliphatic carbocycles. The third-order valence-corrected chi connectivity index (χ3v) is 2.37. The van der Waals surface area contributed by atoms with Gasteiger partial charge in [0.15, 0.2) is 0 Å². The number of carbonyl (C=O) groups is 1. The standard InChI is InChI=1S/C12H12N2O/c13-10(8-15)7-9-5-6-14-12-4-2-1-3-11(9)12/h1-6,8,10H,7,13H2/t10-/m1/s1. The molecule has 1 aromatic carbocycles. The highest BCUT2D eigenvalue weighted by Crippen LogP contribution is 2.16. The summed E-state index contributed by atoms with van der Waals surface area (Å²) in [5.74, 6) is 0. The lowest BCUT2D eigenvalue weighted by Crippen LogP contribution is -2.24. The molecule has 0 radical (unpaired) electrons. The van der Waals surface area contributed by atoms with Crippen molar-refractivity contribution < 1.29 is 4.79 Å². The molecule has 0 amide bonds. The van der Waals surface area contributed by atoms with E-state index in [-0.39, 0.29) is 0 Å². The van der Waals surface area contributed by atoms with Gasteiger partial charge in [-0.3, -0.25) is 4.98 Å². The monoisotopic (exact) mass is 200 g/mol. The molecule has 0 saturated heterocycles. The van der Waals surface area contributed by atoms with Crippen molar-refractivity contribution in [2.75, 3.05) is 0 Å². The van der Waals surface area contributed by atoms with E-state index in [0.29, 0.717) is 6.42 Å². The van der Waals surface area contributed by atoms with Crippen LogP contribution in [0, 0.1) is 0 Å². The summed E-state index contributed by atoms with van der Waals surface area (Å²) < 4.78 is 0. The van der Waals surface area contributed by atoms with E-state index >= 15 is 0 Å². The van der Waals surface area contributed by atoms with Crippen molar-refractivity contribution >= 4 is 17.2 Å². The van der Waals surface area contributed by atoms with Crippen molar-refractivity contribution in [2.24, 2.45) is 5.73 Å². The van der Waals surface area contributed by atoms with Crippen LogP contribution in [0.4, 0.5) is 0 Å². The summed E-state index contributed by atoms with van der Waals surface area (Å²) in [6, 6.07) is 9.32. The molecule has 2 rings (SSSR count). The Morgan fingerprint density at radius 1 is 1.33 bits per heavy atom. The van der Waals surface area contributed by atoms with Gasteiger partial charge in [-0.25, -0.2) is 0 Å². The Bertz CT molecular complexity index is 477. The van der Waals surface area contributed by atoms with Crippen LogP contribution in [-0.4, -0.2) is 17.3 Å². The summed E-state index contributed by atoms with van der Waals surface area (Å²) >= 11 is 0. The first-order valence-corrected chi connectivity index (χ1v) is 4.85. The van der Waals surface area contributed by atoms with Gasteiger partial charge in [0.2, 0.25) is 0 Å². The van der Waals surface area contributed by atoms with Gasteiger partial charge >= 0.3 is 0 Å². The van der Waals surface area contributed by atoms with E-state index in [4.69, 9.17) is 5.73 Å². The Hall–Kier alpha value is -1.74. The SMILES string of the molecule is N[C@@H](C=O)Cc1ccnc2ccccc12. The molecule has 0 fully saturated rings. The van der Waals surface area contributed by atoms with E-state index in [0.717, 1.165) is 22.8 Å². The summed E-state index contributed by atoms with van der Waals surface area (Å²) in [5, 5.41) is 1.07. The lowest BCUT2D eigenvalue weighted by molar-refractivity contribution is -0.108. The smallest absolute Gasteiger partial charge is 0.137 e. The fourth-order valence-electron chi connectivity index (χ4n) is 1.64. The largest absolute Gasteiger partial charge is 0.321 e. The second-order valence-electron chi connectivity index (χ2n) is 3.49. The maximum atomic E-state index is 10.5. The summed E-state index contributed by atoms with van der Waals surface area (Å²) in [7, 11) is 0. The summed E-state index contributed by atoms with van der Waals surface area (Å²) in [5.41, 5.74) is 7.62. The number of hydrogen-bond donors (Lipinski definition) is 1. The minimum Gasteiger partial charge on any atom is -0.321 e. The lowest BCUT2D eigenvalue weighted by atomic mass is 10.0. The number of nitrogens with zero attached hydrogens (tertiary/aromatic N) is 1. The predicted molar refractivity (Wildman–Crippen MR) is 59.5 cm³/mol. The molecule has 0 aliphatic rings. The molecule has 1 heterocycles. The minimum absolute atomic E-state index is 0.434. The summed E-state index contributed by atoms with van der Waals surface area (Å²) in [6.07, 6.45) is 3.08. The van der Waals surface area contributed by atoms with Crippen LogP contribution in [0.15, 0.2) is 36.5 Å². The molecule has 3 heteroatoms. The number of fused-ring (bicyclic) bond motifs is 1. The van der Waals surface area contributed by atoms with Crippen molar-refractivity contribution in [1.29, 1.82) is 0 Å². The van der Waals surface area contributed by atoms with E-state index in [9.17, 15) is 4.79 Å². The number of aromatic nitrogens is 1. The number of benzene rings is 1. The summed E-state index contributed by atoms with van der Waals surface area (Å²) in [4.78, 5) is 14.8. The van der Waals surface area contributed by atoms with Crippen molar-refractivity contribution in [3.05, 3.63) is 42.1 Å². The van der Waals surface area contributed by atoms with E-state index in [1.165, 1.54) is 0 Å². The molecule has 1 aromatic heterocycles. The molecule has 0 aliphatic heterocycles. The first-order chi connectivity index (χ1) is 7.31. The first kappa shape index (κ1) is 9.80. The Labute approximate surface area is 87.9 Å². The number of nitrogens with two attached hydrogens (primary N) is 1. The van der Waals surface area contributed by atoms with Crippen LogP contribution < -0.4 is 5.73 Å². The zero-order valence-corrected chi connectivity index (χ0v) is 8.26. The highest BCUT2D eigenvalue weighted by molar-refractivity contribution is 5.82. The maximum Gasteiger partial charge on any atom is 0.137 e. The zero-order chi connectivity index (χ0) is 10.7. The van der Waals surface area contributed by atoms with Gasteiger partial charge in [-0.05, 0) is 24.1 Å². The van der Waals surface area contributed by atoms with Gasteiger partial charge in [0.05, 0.1) is 11.6 Å². The normalized spacial score (nSPS) is 12.6. The molecule has 0 spiro atoms. The minimum atomic E-state index is -0.434. The van der Waals surface area contributed by atoms with Gasteiger partial charge in [-0.1, -0.05) is 18.2 Å². The summed E-state index contributed by atoms with van der Waals surface area (Å²) in [6.45, 7) is 0. The number of carbonyl (C=O) groups excluding carboxylic acids is 1. The molecule has 2 aromatic rings. The fourth-order valence-corrected chi connectivity index (χ4v) is 1.64. The van der Waals surface area contributed by atoms with Gasteiger partial charge in [-0.15, -0.1) is 0 Å². The Morgan fingerprint density at radius 3 is 2.93 bits per heavy atom. The average Bonchev–Trinajstić information content (AvgIpc) is 2.29. The second-order valence-corrected chi connectivity index (χ2v) is 3.49. The quantitative estimate of drug-likeness (QED) is 0.760. The maximum absolute atomic E-state index is 10.5. The van der Waals surface area contributed by atoms with Crippen molar-refractivity contribution in [3.63, 3.8) is 0 Å². The number of para-hydroxylation sites is 1. The van der Waals surface area contributed by atoms with Crippen LogP contribution in [0.1, 0.15) is 5.56 Å². The zero-order valence-electron chi connectivity index (χ0n) is 8.26. The van der Waals surface area contributed by atoms with E-state index in [1.54, 1.807) is 6.20 Å². The van der Waals surface area contributed by atoms with Crippen LogP contribution >= 0.6 is 0 Å². The van der Waals surface area contributed by atoms with Crippen molar-refractivity contribution in [3.8, 4) is 0 Å². The Kier molecular flexibility index (Phi) is 2.74. The second kappa shape index (κ2) is 4.19. The number of rotatable bonds is 3. The van der Waals surface area contributed by atoms with E-state index < -0.39 is 6.04 Å². The predicted octanol–water partition coefficient (Wildman–Crippen LogP) is 1.30. The average molecular weight is 200 g/mol. The molecule has 0 bridgehead atoms. The third kappa shape index (κ3) is 2.02. The third-order valence-electron chi connectivity index (χ3n) is 2.37. The fraction of sp³-hybridized carbons (Fsp3) is 0.167. The molecule has 0 saturated carbocycles. The molecule has 1 atom stereocenters. The van der Waals surface area contributed by atoms with Crippen LogP contribution in [0.25, 0.3) is 10.9 Å². The van der Waals surface area contributed by atoms with Crippen molar-refractivity contribution in [2.45, 2.75) is 12.5 Å². The Balaban J connectivity index is 2.46. The van der Waals surface area contributed by atoms with Crippen LogP contribution in [-0.2, 0) is 11.2 Å². The number of hydrogen-bond acceptors (Lipinski definition) is 3. The van der Waals surface area contributed by atoms with Crippen LogP contribution in [0.3, 0.4) is 0 Å². The molecular weight excluding hydrogens is 188 g/mol. The van der Waals surface area contributed by atoms with Gasteiger partial charge in [-0.2, -0.15) is 0 Å². The molecule has 2 N–H and O–H groups in total. The number of pyridine rings is 1. The van der Waals surface area contributed by atoms with Gasteiger partial charge in [0, 0.05) is 11.6 Å².